The van der Waals surface area contributed by atoms with Crippen LogP contribution in [0.5, 0.6) is 0 Å². The van der Waals surface area contributed by atoms with Gasteiger partial charge in [0.25, 0.3) is 0 Å². The Hall–Kier alpha value is -3.13. The minimum atomic E-state index is -0.481. The van der Waals surface area contributed by atoms with Crippen LogP contribution in [0.4, 0.5) is 0 Å². The second kappa shape index (κ2) is 6.79. The molecule has 0 aliphatic carbocycles. The maximum absolute atomic E-state index is 12.8. The molecule has 0 bridgehead atoms. The fourth-order valence-electron chi connectivity index (χ4n) is 4.46. The number of rotatable bonds is 4. The van der Waals surface area contributed by atoms with Gasteiger partial charge in [0, 0.05) is 0 Å². The summed E-state index contributed by atoms with van der Waals surface area (Å²) in [6.45, 7) is 0.514. The van der Waals surface area contributed by atoms with E-state index in [-0.39, 0.29) is 5.97 Å². The van der Waals surface area contributed by atoms with E-state index in [1.807, 2.05) is 0 Å². The fourth-order valence-corrected chi connectivity index (χ4v) is 4.46. The Morgan fingerprint density at radius 2 is 1.18 bits per heavy atom. The summed E-state index contributed by atoms with van der Waals surface area (Å²) < 4.78 is 5.45. The molecule has 0 unspecified atom stereocenters. The molecule has 2 heteroatoms. The van der Waals surface area contributed by atoms with Crippen LogP contribution in [-0.2, 0) is 22.4 Å². The lowest BCUT2D eigenvalue weighted by atomic mass is 9.75. The van der Waals surface area contributed by atoms with Gasteiger partial charge in [-0.25, -0.2) is 0 Å². The zero-order chi connectivity index (χ0) is 19.0. The Morgan fingerprint density at radius 1 is 0.679 bits per heavy atom. The predicted octanol–water partition coefficient (Wildman–Crippen LogP) is 5.71. The average molecular weight is 366 g/mol. The third-order valence-corrected chi connectivity index (χ3v) is 5.96. The third kappa shape index (κ3) is 3.05. The molecule has 4 aromatic carbocycles. The van der Waals surface area contributed by atoms with Crippen LogP contribution >= 0.6 is 0 Å². The van der Waals surface area contributed by atoms with Crippen molar-refractivity contribution in [3.63, 3.8) is 0 Å². The van der Waals surface area contributed by atoms with Crippen molar-refractivity contribution < 1.29 is 9.53 Å². The summed E-state index contributed by atoms with van der Waals surface area (Å²) in [5, 5.41) is 4.88. The van der Waals surface area contributed by atoms with Crippen LogP contribution in [-0.4, -0.2) is 12.6 Å². The lowest BCUT2D eigenvalue weighted by Crippen LogP contribution is -2.31. The molecule has 1 aliphatic heterocycles. The molecule has 0 amide bonds. The van der Waals surface area contributed by atoms with E-state index in [2.05, 4.69) is 84.9 Å². The van der Waals surface area contributed by atoms with Gasteiger partial charge in [-0.3, -0.25) is 4.79 Å². The molecule has 0 saturated carbocycles. The first kappa shape index (κ1) is 17.0. The predicted molar refractivity (Wildman–Crippen MR) is 113 cm³/mol. The number of esters is 1. The molecule has 1 saturated heterocycles. The van der Waals surface area contributed by atoms with E-state index < -0.39 is 5.41 Å². The minimum Gasteiger partial charge on any atom is -0.465 e. The molecule has 1 heterocycles. The number of fused-ring (bicyclic) bond motifs is 2. The highest BCUT2D eigenvalue weighted by atomic mass is 16.5. The summed E-state index contributed by atoms with van der Waals surface area (Å²) in [5.74, 6) is -0.0613. The number of hydrogen-bond acceptors (Lipinski definition) is 2. The molecular weight excluding hydrogens is 344 g/mol. The van der Waals surface area contributed by atoms with Gasteiger partial charge in [0.2, 0.25) is 0 Å². The third-order valence-electron chi connectivity index (χ3n) is 5.96. The van der Waals surface area contributed by atoms with Crippen LogP contribution in [0.2, 0.25) is 0 Å². The van der Waals surface area contributed by atoms with Crippen LogP contribution in [0.3, 0.4) is 0 Å². The largest absolute Gasteiger partial charge is 0.465 e. The average Bonchev–Trinajstić information content (AvgIpc) is 3.07. The van der Waals surface area contributed by atoms with Crippen molar-refractivity contribution in [2.45, 2.75) is 19.3 Å². The molecule has 5 rings (SSSR count). The Balaban J connectivity index is 1.50. The van der Waals surface area contributed by atoms with E-state index in [4.69, 9.17) is 4.74 Å². The van der Waals surface area contributed by atoms with Gasteiger partial charge in [-0.2, -0.15) is 0 Å². The summed E-state index contributed by atoms with van der Waals surface area (Å²) in [4.78, 5) is 12.8. The topological polar surface area (TPSA) is 26.3 Å². The molecule has 0 aromatic heterocycles. The summed E-state index contributed by atoms with van der Waals surface area (Å²) in [7, 11) is 0. The molecule has 28 heavy (non-hydrogen) atoms. The first-order valence-electron chi connectivity index (χ1n) is 9.85. The zero-order valence-corrected chi connectivity index (χ0v) is 15.7. The van der Waals surface area contributed by atoms with Crippen molar-refractivity contribution in [2.24, 2.45) is 5.41 Å². The summed E-state index contributed by atoms with van der Waals surface area (Å²) in [5.41, 5.74) is 1.90. The second-order valence-corrected chi connectivity index (χ2v) is 7.88. The maximum atomic E-state index is 12.8. The van der Waals surface area contributed by atoms with E-state index in [9.17, 15) is 4.79 Å². The van der Waals surface area contributed by atoms with Gasteiger partial charge in [-0.1, -0.05) is 84.9 Å². The molecular formula is C26H22O2. The van der Waals surface area contributed by atoms with Gasteiger partial charge in [0.15, 0.2) is 0 Å². The molecule has 2 nitrogen and oxygen atoms in total. The van der Waals surface area contributed by atoms with E-state index >= 15 is 0 Å². The highest BCUT2D eigenvalue weighted by Gasteiger charge is 2.44. The molecule has 1 fully saturated rings. The van der Waals surface area contributed by atoms with Crippen molar-refractivity contribution in [2.75, 3.05) is 6.61 Å². The number of carbonyl (C=O) groups is 1. The highest BCUT2D eigenvalue weighted by Crippen LogP contribution is 2.38. The lowest BCUT2D eigenvalue weighted by molar-refractivity contribution is -0.146. The van der Waals surface area contributed by atoms with Crippen LogP contribution in [0, 0.1) is 5.41 Å². The van der Waals surface area contributed by atoms with E-state index in [0.717, 1.165) is 6.42 Å². The molecule has 0 radical (unpaired) electrons. The standard InChI is InChI=1S/C26H22O2/c27-25-26(13-14-28-25,17-19-9-11-21-5-1-3-7-23(21)15-19)18-20-10-12-22-6-2-4-8-24(22)16-20/h1-12,15-16H,13-14,17-18H2. The molecule has 0 atom stereocenters. The Kier molecular flexibility index (Phi) is 4.12. The highest BCUT2D eigenvalue weighted by molar-refractivity contribution is 5.85. The number of ether oxygens (including phenoxy) is 1. The molecule has 4 aromatic rings. The lowest BCUT2D eigenvalue weighted by Gasteiger charge is -2.25. The van der Waals surface area contributed by atoms with Crippen molar-refractivity contribution >= 4 is 27.5 Å². The van der Waals surface area contributed by atoms with Crippen molar-refractivity contribution in [1.82, 2.24) is 0 Å². The van der Waals surface area contributed by atoms with Gasteiger partial charge < -0.3 is 4.74 Å². The van der Waals surface area contributed by atoms with E-state index in [1.165, 1.54) is 32.7 Å². The monoisotopic (exact) mass is 366 g/mol. The Labute approximate surface area is 164 Å². The Bertz CT molecular complexity index is 1090. The molecule has 0 spiro atoms. The molecule has 1 aliphatic rings. The number of hydrogen-bond donors (Lipinski definition) is 0. The van der Waals surface area contributed by atoms with Gasteiger partial charge in [0.1, 0.15) is 0 Å². The van der Waals surface area contributed by atoms with Crippen LogP contribution in [0.25, 0.3) is 21.5 Å². The first-order chi connectivity index (χ1) is 13.7. The second-order valence-electron chi connectivity index (χ2n) is 7.88. The zero-order valence-electron chi connectivity index (χ0n) is 15.7. The number of carbonyl (C=O) groups excluding carboxylic acids is 1. The summed E-state index contributed by atoms with van der Waals surface area (Å²) in [6.07, 6.45) is 2.19. The van der Waals surface area contributed by atoms with Gasteiger partial charge in [-0.05, 0) is 51.9 Å². The van der Waals surface area contributed by atoms with Crippen LogP contribution in [0.1, 0.15) is 17.5 Å². The van der Waals surface area contributed by atoms with E-state index in [1.54, 1.807) is 0 Å². The Morgan fingerprint density at radius 3 is 1.64 bits per heavy atom. The quantitative estimate of drug-likeness (QED) is 0.432. The SMILES string of the molecule is O=C1OCCC1(Cc1ccc2ccccc2c1)Cc1ccc2ccccc2c1. The minimum absolute atomic E-state index is 0.0613. The molecule has 0 N–H and O–H groups in total. The van der Waals surface area contributed by atoms with Crippen molar-refractivity contribution in [1.29, 1.82) is 0 Å². The maximum Gasteiger partial charge on any atom is 0.312 e. The molecule has 138 valence electrons. The number of benzene rings is 4. The van der Waals surface area contributed by atoms with Gasteiger partial charge in [-0.15, -0.1) is 0 Å². The summed E-state index contributed by atoms with van der Waals surface area (Å²) in [6, 6.07) is 29.7. The fraction of sp³-hybridized carbons (Fsp3) is 0.192. The van der Waals surface area contributed by atoms with Gasteiger partial charge in [0.05, 0.1) is 12.0 Å². The van der Waals surface area contributed by atoms with Crippen molar-refractivity contribution in [3.05, 3.63) is 96.1 Å². The normalized spacial score (nSPS) is 15.8. The number of cyclic esters (lactones) is 1. The summed E-state index contributed by atoms with van der Waals surface area (Å²) >= 11 is 0. The van der Waals surface area contributed by atoms with Crippen LogP contribution in [0.15, 0.2) is 84.9 Å². The van der Waals surface area contributed by atoms with Crippen molar-refractivity contribution in [3.8, 4) is 0 Å². The van der Waals surface area contributed by atoms with Crippen LogP contribution < -0.4 is 0 Å². The smallest absolute Gasteiger partial charge is 0.312 e. The van der Waals surface area contributed by atoms with E-state index in [0.29, 0.717) is 19.4 Å². The van der Waals surface area contributed by atoms with Gasteiger partial charge >= 0.3 is 5.97 Å². The first-order valence-corrected chi connectivity index (χ1v) is 9.85.